The van der Waals surface area contributed by atoms with Crippen molar-refractivity contribution in [2.24, 2.45) is 0 Å². The molecular formula is C18H23N3O2S. The third kappa shape index (κ3) is 3.94. The van der Waals surface area contributed by atoms with E-state index in [4.69, 9.17) is 9.72 Å². The number of nitrogens with zero attached hydrogens (tertiary/aromatic N) is 3. The summed E-state index contributed by atoms with van der Waals surface area (Å²) in [4.78, 5) is 22.7. The van der Waals surface area contributed by atoms with Gasteiger partial charge in [-0.25, -0.2) is 4.98 Å². The highest BCUT2D eigenvalue weighted by Crippen LogP contribution is 2.24. The molecule has 0 aromatic carbocycles. The van der Waals surface area contributed by atoms with Gasteiger partial charge in [0.15, 0.2) is 0 Å². The van der Waals surface area contributed by atoms with Crippen molar-refractivity contribution >= 4 is 23.1 Å². The van der Waals surface area contributed by atoms with Crippen molar-refractivity contribution in [3.63, 3.8) is 0 Å². The van der Waals surface area contributed by atoms with Crippen LogP contribution in [0.3, 0.4) is 0 Å². The van der Waals surface area contributed by atoms with Crippen LogP contribution in [0.25, 0.3) is 0 Å². The first-order valence-electron chi connectivity index (χ1n) is 8.18. The maximum absolute atomic E-state index is 12.7. The molecule has 5 nitrogen and oxygen atoms in total. The molecule has 0 fully saturated rings. The van der Waals surface area contributed by atoms with E-state index in [1.807, 2.05) is 35.4 Å². The molecule has 6 heteroatoms. The van der Waals surface area contributed by atoms with E-state index in [1.54, 1.807) is 18.4 Å². The van der Waals surface area contributed by atoms with E-state index in [1.165, 1.54) is 0 Å². The van der Waals surface area contributed by atoms with E-state index < -0.39 is 0 Å². The largest absolute Gasteiger partial charge is 0.383 e. The molecule has 0 bridgehead atoms. The number of pyridine rings is 1. The Labute approximate surface area is 146 Å². The topological polar surface area (TPSA) is 45.7 Å². The first kappa shape index (κ1) is 16.9. The van der Waals surface area contributed by atoms with Gasteiger partial charge in [-0.15, -0.1) is 11.3 Å². The maximum Gasteiger partial charge on any atom is 0.228 e. The lowest BCUT2D eigenvalue weighted by molar-refractivity contribution is -0.130. The summed E-state index contributed by atoms with van der Waals surface area (Å²) in [5.74, 6) is 1.16. The van der Waals surface area contributed by atoms with Crippen molar-refractivity contribution in [2.45, 2.75) is 19.9 Å². The zero-order valence-electron chi connectivity index (χ0n) is 14.2. The Morgan fingerprint density at radius 3 is 2.96 bits per heavy atom. The number of methoxy groups -OCH3 is 1. The van der Waals surface area contributed by atoms with Crippen LogP contribution in [0.1, 0.15) is 16.1 Å². The Kier molecular flexibility index (Phi) is 5.48. The summed E-state index contributed by atoms with van der Waals surface area (Å²) in [5.41, 5.74) is 2.10. The molecule has 128 valence electrons. The van der Waals surface area contributed by atoms with Gasteiger partial charge >= 0.3 is 0 Å². The van der Waals surface area contributed by atoms with Crippen molar-refractivity contribution in [1.82, 2.24) is 9.88 Å². The number of anilines is 1. The summed E-state index contributed by atoms with van der Waals surface area (Å²) in [5, 5.41) is 2.01. The minimum Gasteiger partial charge on any atom is -0.383 e. The van der Waals surface area contributed by atoms with Crippen LogP contribution in [0.5, 0.6) is 0 Å². The highest BCUT2D eigenvalue weighted by atomic mass is 32.1. The third-order valence-corrected chi connectivity index (χ3v) is 5.10. The van der Waals surface area contributed by atoms with Gasteiger partial charge in [-0.3, -0.25) is 4.79 Å². The number of thiophene rings is 1. The molecule has 0 atom stereocenters. The monoisotopic (exact) mass is 345 g/mol. The highest BCUT2D eigenvalue weighted by Gasteiger charge is 2.24. The summed E-state index contributed by atoms with van der Waals surface area (Å²) < 4.78 is 5.23. The average molecular weight is 345 g/mol. The molecule has 3 rings (SSSR count). The Bertz CT molecular complexity index is 688. The van der Waals surface area contributed by atoms with Crippen LogP contribution in [-0.4, -0.2) is 49.1 Å². The fourth-order valence-corrected chi connectivity index (χ4v) is 3.60. The molecule has 2 aromatic rings. The number of carbonyl (C=O) groups is 1. The smallest absolute Gasteiger partial charge is 0.228 e. The number of aromatic nitrogens is 1. The highest BCUT2D eigenvalue weighted by molar-refractivity contribution is 7.10. The summed E-state index contributed by atoms with van der Waals surface area (Å²) >= 11 is 1.63. The molecule has 24 heavy (non-hydrogen) atoms. The standard InChI is InChI=1S/C18H23N3O2S/c1-14-5-6-15-13-21(17(22)12-16-4-3-11-24-16)8-7-20(9-10-23-2)18(15)19-14/h3-6,11H,7-10,12-13H2,1-2H3. The lowest BCUT2D eigenvalue weighted by Crippen LogP contribution is -2.37. The van der Waals surface area contributed by atoms with Gasteiger partial charge in [0.05, 0.1) is 13.0 Å². The van der Waals surface area contributed by atoms with Crippen molar-refractivity contribution < 1.29 is 9.53 Å². The van der Waals surface area contributed by atoms with Crippen LogP contribution in [0.4, 0.5) is 5.82 Å². The fraction of sp³-hybridized carbons (Fsp3) is 0.444. The second-order valence-electron chi connectivity index (χ2n) is 5.99. The Morgan fingerprint density at radius 2 is 2.21 bits per heavy atom. The molecule has 0 radical (unpaired) electrons. The SMILES string of the molecule is COCCN1CCN(C(=O)Cc2cccs2)Cc2ccc(C)nc21. The Hall–Kier alpha value is -1.92. The number of hydrogen-bond acceptors (Lipinski definition) is 5. The van der Waals surface area contributed by atoms with Gasteiger partial charge in [-0.2, -0.15) is 0 Å². The van der Waals surface area contributed by atoms with Crippen LogP contribution < -0.4 is 4.90 Å². The quantitative estimate of drug-likeness (QED) is 0.835. The fourth-order valence-electron chi connectivity index (χ4n) is 2.91. The molecular weight excluding hydrogens is 322 g/mol. The number of fused-ring (bicyclic) bond motifs is 1. The van der Waals surface area contributed by atoms with E-state index in [2.05, 4.69) is 11.0 Å². The van der Waals surface area contributed by atoms with Gasteiger partial charge in [0.1, 0.15) is 5.82 Å². The Morgan fingerprint density at radius 1 is 1.33 bits per heavy atom. The molecule has 0 N–H and O–H groups in total. The lowest BCUT2D eigenvalue weighted by Gasteiger charge is -2.23. The van der Waals surface area contributed by atoms with E-state index in [9.17, 15) is 4.79 Å². The second-order valence-corrected chi connectivity index (χ2v) is 7.02. The number of ether oxygens (including phenoxy) is 1. The molecule has 0 unspecified atom stereocenters. The Balaban J connectivity index is 1.79. The maximum atomic E-state index is 12.7. The van der Waals surface area contributed by atoms with Crippen molar-refractivity contribution in [3.8, 4) is 0 Å². The molecule has 2 aromatic heterocycles. The van der Waals surface area contributed by atoms with E-state index in [0.29, 0.717) is 26.1 Å². The summed E-state index contributed by atoms with van der Waals surface area (Å²) in [6, 6.07) is 8.11. The molecule has 0 saturated carbocycles. The number of amides is 1. The molecule has 0 spiro atoms. The average Bonchev–Trinajstić information content (AvgIpc) is 3.01. The third-order valence-electron chi connectivity index (χ3n) is 4.22. The van der Waals surface area contributed by atoms with Gasteiger partial charge < -0.3 is 14.5 Å². The zero-order valence-corrected chi connectivity index (χ0v) is 15.0. The van der Waals surface area contributed by atoms with E-state index in [-0.39, 0.29) is 5.91 Å². The molecule has 0 saturated heterocycles. The summed E-state index contributed by atoms with van der Waals surface area (Å²) in [7, 11) is 1.71. The van der Waals surface area contributed by atoms with Crippen LogP contribution in [0.15, 0.2) is 29.6 Å². The minimum atomic E-state index is 0.178. The number of hydrogen-bond donors (Lipinski definition) is 0. The van der Waals surface area contributed by atoms with Crippen molar-refractivity contribution in [1.29, 1.82) is 0 Å². The number of carbonyl (C=O) groups excluding carboxylic acids is 1. The molecule has 0 aliphatic carbocycles. The van der Waals surface area contributed by atoms with Crippen LogP contribution >= 0.6 is 11.3 Å². The van der Waals surface area contributed by atoms with Crippen LogP contribution in [0, 0.1) is 6.92 Å². The number of aryl methyl sites for hydroxylation is 1. The van der Waals surface area contributed by atoms with Gasteiger partial charge in [-0.05, 0) is 24.4 Å². The van der Waals surface area contributed by atoms with Crippen LogP contribution in [-0.2, 0) is 22.5 Å². The first-order chi connectivity index (χ1) is 11.7. The zero-order chi connectivity index (χ0) is 16.9. The van der Waals surface area contributed by atoms with Gasteiger partial charge in [0.2, 0.25) is 5.91 Å². The molecule has 1 aliphatic rings. The predicted octanol–water partition coefficient (Wildman–Crippen LogP) is 2.49. The van der Waals surface area contributed by atoms with Crippen LogP contribution in [0.2, 0.25) is 0 Å². The van der Waals surface area contributed by atoms with Gasteiger partial charge in [0, 0.05) is 49.4 Å². The molecule has 1 aliphatic heterocycles. The van der Waals surface area contributed by atoms with E-state index >= 15 is 0 Å². The number of rotatable bonds is 5. The molecule has 3 heterocycles. The normalized spacial score (nSPS) is 14.4. The van der Waals surface area contributed by atoms with E-state index in [0.717, 1.165) is 35.0 Å². The first-order valence-corrected chi connectivity index (χ1v) is 9.06. The van der Waals surface area contributed by atoms with Gasteiger partial charge in [0.25, 0.3) is 0 Å². The summed E-state index contributed by atoms with van der Waals surface area (Å²) in [6.07, 6.45) is 0.477. The minimum absolute atomic E-state index is 0.178. The predicted molar refractivity (Wildman–Crippen MR) is 96.5 cm³/mol. The van der Waals surface area contributed by atoms with Gasteiger partial charge in [-0.1, -0.05) is 12.1 Å². The van der Waals surface area contributed by atoms with Crippen molar-refractivity contribution in [2.75, 3.05) is 38.3 Å². The second kappa shape index (κ2) is 7.77. The lowest BCUT2D eigenvalue weighted by atomic mass is 10.2. The summed E-state index contributed by atoms with van der Waals surface area (Å²) in [6.45, 7) is 5.55. The molecule has 1 amide bonds. The van der Waals surface area contributed by atoms with Crippen molar-refractivity contribution in [3.05, 3.63) is 45.8 Å².